The molecule has 0 saturated heterocycles. The number of carbonyl (C=O) groups excluding carboxylic acids is 2. The molecule has 1 unspecified atom stereocenters. The van der Waals surface area contributed by atoms with E-state index in [0.29, 0.717) is 24.1 Å². The second kappa shape index (κ2) is 5.93. The minimum atomic E-state index is -0.738. The minimum Gasteiger partial charge on any atom is -0.373 e. The summed E-state index contributed by atoms with van der Waals surface area (Å²) >= 11 is 0. The van der Waals surface area contributed by atoms with Crippen LogP contribution < -0.4 is 10.2 Å². The molecule has 0 bridgehead atoms. The van der Waals surface area contributed by atoms with Crippen LogP contribution in [0.2, 0.25) is 0 Å². The molecule has 4 aromatic rings. The molecule has 1 aromatic heterocycles. The number of aromatic nitrogens is 1. The molecule has 2 aliphatic rings. The molecule has 6 heteroatoms. The number of para-hydroxylation sites is 2. The highest BCUT2D eigenvalue weighted by atomic mass is 16.3. The lowest BCUT2D eigenvalue weighted by Crippen LogP contribution is -2.21. The van der Waals surface area contributed by atoms with Gasteiger partial charge in [-0.2, -0.15) is 0 Å². The van der Waals surface area contributed by atoms with Crippen LogP contribution in [0.4, 0.5) is 11.4 Å². The van der Waals surface area contributed by atoms with E-state index in [1.54, 1.807) is 0 Å². The molecule has 0 aliphatic carbocycles. The molecule has 6 rings (SSSR count). The molecule has 3 heterocycles. The van der Waals surface area contributed by atoms with E-state index in [-0.39, 0.29) is 11.8 Å². The fourth-order valence-electron chi connectivity index (χ4n) is 5.09. The number of anilines is 2. The smallest absolute Gasteiger partial charge is 0.259 e. The Kier molecular flexibility index (Phi) is 3.41. The summed E-state index contributed by atoms with van der Waals surface area (Å²) in [5.41, 5.74) is 5.10. The highest BCUT2D eigenvalue weighted by molar-refractivity contribution is 6.32. The molecule has 3 aromatic carbocycles. The lowest BCUT2D eigenvalue weighted by Gasteiger charge is -2.26. The number of hydrogen-bond acceptors (Lipinski definition) is 4. The number of nitrogens with one attached hydrogen (secondary N) is 1. The number of hydrogen-bond donors (Lipinski definition) is 2. The van der Waals surface area contributed by atoms with Gasteiger partial charge < -0.3 is 14.6 Å². The van der Waals surface area contributed by atoms with Crippen molar-refractivity contribution in [3.63, 3.8) is 0 Å². The van der Waals surface area contributed by atoms with Crippen LogP contribution >= 0.6 is 0 Å². The Hall–Kier alpha value is -3.64. The van der Waals surface area contributed by atoms with E-state index in [9.17, 15) is 14.7 Å². The molecular weight excluding hydrogens is 378 g/mol. The number of carbonyl (C=O) groups is 2. The number of fused-ring (bicyclic) bond motifs is 5. The van der Waals surface area contributed by atoms with Crippen molar-refractivity contribution in [2.24, 2.45) is 0 Å². The van der Waals surface area contributed by atoms with Crippen molar-refractivity contribution in [3.8, 4) is 0 Å². The van der Waals surface area contributed by atoms with Crippen molar-refractivity contribution in [1.29, 1.82) is 0 Å². The molecule has 0 radical (unpaired) electrons. The van der Waals surface area contributed by atoms with Crippen LogP contribution in [-0.4, -0.2) is 28.0 Å². The lowest BCUT2D eigenvalue weighted by atomic mass is 9.95. The van der Waals surface area contributed by atoms with Gasteiger partial charge in [0, 0.05) is 29.4 Å². The van der Waals surface area contributed by atoms with Crippen LogP contribution in [0.25, 0.3) is 21.8 Å². The standard InChI is InChI=1S/C24H19N3O3/c1-13-18-20(24(30)25-23(18)29)19-15-9-5-6-10-16(15)27-17(28)11-12-26(21(13)22(19)27)14-7-3-2-4-8-14/h2-10,17,28H,11-12H2,1H3,(H,25,29,30). The van der Waals surface area contributed by atoms with Gasteiger partial charge in [0.15, 0.2) is 0 Å². The van der Waals surface area contributed by atoms with Crippen LogP contribution in [0.15, 0.2) is 54.6 Å². The maximum Gasteiger partial charge on any atom is 0.259 e. The van der Waals surface area contributed by atoms with Gasteiger partial charge in [0.2, 0.25) is 0 Å². The summed E-state index contributed by atoms with van der Waals surface area (Å²) in [4.78, 5) is 27.7. The Morgan fingerprint density at radius 1 is 0.967 bits per heavy atom. The Balaban J connectivity index is 1.87. The van der Waals surface area contributed by atoms with E-state index in [1.165, 1.54) is 0 Å². The van der Waals surface area contributed by atoms with Crippen LogP contribution in [0.5, 0.6) is 0 Å². The Morgan fingerprint density at radius 3 is 2.47 bits per heavy atom. The molecule has 1 atom stereocenters. The molecule has 0 fully saturated rings. The second-order valence-electron chi connectivity index (χ2n) is 7.87. The number of benzene rings is 3. The SMILES string of the molecule is Cc1c2c(c3c4ccccc4n4c3c1N(c1ccccc1)CCC4O)C(=O)NC2=O. The first-order valence-corrected chi connectivity index (χ1v) is 10.0. The molecule has 2 aliphatic heterocycles. The zero-order chi connectivity index (χ0) is 20.6. The average molecular weight is 397 g/mol. The largest absolute Gasteiger partial charge is 0.373 e. The van der Waals surface area contributed by atoms with E-state index in [4.69, 9.17) is 0 Å². The van der Waals surface area contributed by atoms with E-state index >= 15 is 0 Å². The number of amides is 2. The molecule has 148 valence electrons. The molecule has 2 N–H and O–H groups in total. The van der Waals surface area contributed by atoms with Crippen molar-refractivity contribution in [1.82, 2.24) is 9.88 Å². The predicted molar refractivity (Wildman–Crippen MR) is 115 cm³/mol. The van der Waals surface area contributed by atoms with Gasteiger partial charge in [-0.05, 0) is 30.7 Å². The van der Waals surface area contributed by atoms with Gasteiger partial charge in [0.25, 0.3) is 11.8 Å². The van der Waals surface area contributed by atoms with Gasteiger partial charge in [-0.1, -0.05) is 36.4 Å². The first-order chi connectivity index (χ1) is 14.6. The summed E-state index contributed by atoms with van der Waals surface area (Å²) in [5, 5.41) is 15.2. The van der Waals surface area contributed by atoms with E-state index < -0.39 is 6.23 Å². The first-order valence-electron chi connectivity index (χ1n) is 10.0. The van der Waals surface area contributed by atoms with Crippen LogP contribution in [0, 0.1) is 6.92 Å². The number of aliphatic hydroxyl groups excluding tert-OH is 1. The number of aliphatic hydroxyl groups is 1. The number of rotatable bonds is 1. The monoisotopic (exact) mass is 397 g/mol. The Labute approximate surface area is 172 Å². The van der Waals surface area contributed by atoms with Gasteiger partial charge in [0.05, 0.1) is 27.8 Å². The van der Waals surface area contributed by atoms with Crippen molar-refractivity contribution in [2.45, 2.75) is 19.6 Å². The number of imide groups is 1. The predicted octanol–water partition coefficient (Wildman–Crippen LogP) is 4.02. The van der Waals surface area contributed by atoms with Crippen molar-refractivity contribution < 1.29 is 14.7 Å². The van der Waals surface area contributed by atoms with E-state index in [0.717, 1.165) is 38.7 Å². The lowest BCUT2D eigenvalue weighted by molar-refractivity contribution is 0.0879. The summed E-state index contributed by atoms with van der Waals surface area (Å²) in [6.45, 7) is 2.48. The fraction of sp³-hybridized carbons (Fsp3) is 0.167. The topological polar surface area (TPSA) is 74.6 Å². The third-order valence-corrected chi connectivity index (χ3v) is 6.29. The van der Waals surface area contributed by atoms with Gasteiger partial charge in [-0.3, -0.25) is 14.9 Å². The molecule has 2 amide bonds. The van der Waals surface area contributed by atoms with Crippen LogP contribution in [0.1, 0.15) is 38.9 Å². The normalized spacial score (nSPS) is 18.1. The summed E-state index contributed by atoms with van der Waals surface area (Å²) in [5.74, 6) is -0.738. The highest BCUT2D eigenvalue weighted by Crippen LogP contribution is 2.47. The maximum atomic E-state index is 12.8. The van der Waals surface area contributed by atoms with Gasteiger partial charge in [-0.25, -0.2) is 0 Å². The Morgan fingerprint density at radius 2 is 1.67 bits per heavy atom. The average Bonchev–Trinajstić information content (AvgIpc) is 3.18. The summed E-state index contributed by atoms with van der Waals surface area (Å²) in [6, 6.07) is 17.7. The van der Waals surface area contributed by atoms with Gasteiger partial charge in [-0.15, -0.1) is 0 Å². The van der Waals surface area contributed by atoms with Crippen molar-refractivity contribution in [2.75, 3.05) is 11.4 Å². The first kappa shape index (κ1) is 17.2. The fourth-order valence-corrected chi connectivity index (χ4v) is 5.09. The maximum absolute atomic E-state index is 12.8. The molecular formula is C24H19N3O3. The second-order valence-corrected chi connectivity index (χ2v) is 7.87. The van der Waals surface area contributed by atoms with E-state index in [2.05, 4.69) is 10.2 Å². The molecule has 6 nitrogen and oxygen atoms in total. The third kappa shape index (κ3) is 2.06. The van der Waals surface area contributed by atoms with Gasteiger partial charge in [0.1, 0.15) is 6.23 Å². The molecule has 30 heavy (non-hydrogen) atoms. The van der Waals surface area contributed by atoms with Gasteiger partial charge >= 0.3 is 0 Å². The summed E-state index contributed by atoms with van der Waals surface area (Å²) < 4.78 is 1.92. The highest BCUT2D eigenvalue weighted by Gasteiger charge is 2.38. The zero-order valence-corrected chi connectivity index (χ0v) is 16.3. The quantitative estimate of drug-likeness (QED) is 0.476. The van der Waals surface area contributed by atoms with Crippen LogP contribution in [-0.2, 0) is 0 Å². The minimum absolute atomic E-state index is 0.361. The summed E-state index contributed by atoms with van der Waals surface area (Å²) in [6.07, 6.45) is -0.223. The Bertz CT molecular complexity index is 1390. The van der Waals surface area contributed by atoms with Crippen LogP contribution in [0.3, 0.4) is 0 Å². The molecule has 0 saturated carbocycles. The van der Waals surface area contributed by atoms with Crippen molar-refractivity contribution >= 4 is 45.0 Å². The number of nitrogens with zero attached hydrogens (tertiary/aromatic N) is 2. The third-order valence-electron chi connectivity index (χ3n) is 6.29. The van der Waals surface area contributed by atoms with Crippen molar-refractivity contribution in [3.05, 3.63) is 71.3 Å². The molecule has 0 spiro atoms. The van der Waals surface area contributed by atoms with E-state index in [1.807, 2.05) is 66.1 Å². The summed E-state index contributed by atoms with van der Waals surface area (Å²) in [7, 11) is 0. The zero-order valence-electron chi connectivity index (χ0n) is 16.3.